The predicted octanol–water partition coefficient (Wildman–Crippen LogP) is 1.61. The molecule has 3 rings (SSSR count). The molecule has 0 aliphatic carbocycles. The lowest BCUT2D eigenvalue weighted by Crippen LogP contribution is -2.41. The highest BCUT2D eigenvalue weighted by Gasteiger charge is 2.38. The van der Waals surface area contributed by atoms with E-state index in [1.54, 1.807) is 4.90 Å². The van der Waals surface area contributed by atoms with E-state index in [4.69, 9.17) is 4.74 Å². The molecule has 24 heavy (non-hydrogen) atoms. The zero-order chi connectivity index (χ0) is 17.1. The molecule has 0 aromatic heterocycles. The fourth-order valence-electron chi connectivity index (χ4n) is 3.25. The van der Waals surface area contributed by atoms with Crippen molar-refractivity contribution in [1.29, 1.82) is 0 Å². The number of carbonyl (C=O) groups excluding carboxylic acids is 2. The minimum Gasteiger partial charge on any atom is -0.381 e. The lowest BCUT2D eigenvalue weighted by molar-refractivity contribution is -0.131. The average Bonchev–Trinajstić information content (AvgIpc) is 2.96. The molecule has 1 unspecified atom stereocenters. The Morgan fingerprint density at radius 1 is 1.29 bits per heavy atom. The van der Waals surface area contributed by atoms with Crippen molar-refractivity contribution < 1.29 is 23.1 Å². The van der Waals surface area contributed by atoms with Gasteiger partial charge in [-0.1, -0.05) is 6.07 Å². The highest BCUT2D eigenvalue weighted by molar-refractivity contribution is 5.89. The summed E-state index contributed by atoms with van der Waals surface area (Å²) in [4.78, 5) is 26.2. The van der Waals surface area contributed by atoms with Crippen LogP contribution in [0.15, 0.2) is 18.2 Å². The van der Waals surface area contributed by atoms with Gasteiger partial charge >= 0.3 is 0 Å². The van der Waals surface area contributed by atoms with E-state index in [0.29, 0.717) is 19.8 Å². The third-order valence-electron chi connectivity index (χ3n) is 4.63. The number of benzene rings is 1. The van der Waals surface area contributed by atoms with Gasteiger partial charge in [0.2, 0.25) is 11.8 Å². The molecule has 1 aromatic carbocycles. The van der Waals surface area contributed by atoms with Crippen molar-refractivity contribution in [3.05, 3.63) is 35.4 Å². The summed E-state index contributed by atoms with van der Waals surface area (Å²) in [7, 11) is 0. The molecule has 1 atom stereocenters. The Balaban J connectivity index is 1.54. The summed E-state index contributed by atoms with van der Waals surface area (Å²) >= 11 is 0. The van der Waals surface area contributed by atoms with Crippen LogP contribution in [0.3, 0.4) is 0 Å². The van der Waals surface area contributed by atoms with E-state index in [1.165, 1.54) is 6.07 Å². The van der Waals surface area contributed by atoms with Gasteiger partial charge < -0.3 is 15.0 Å². The molecule has 2 heterocycles. The zero-order valence-corrected chi connectivity index (χ0v) is 13.3. The third-order valence-corrected chi connectivity index (χ3v) is 4.63. The van der Waals surface area contributed by atoms with Gasteiger partial charge in [-0.15, -0.1) is 0 Å². The van der Waals surface area contributed by atoms with Crippen LogP contribution in [0.25, 0.3) is 0 Å². The Kier molecular flexibility index (Phi) is 5.08. The molecule has 2 aliphatic rings. The Morgan fingerprint density at radius 3 is 2.75 bits per heavy atom. The number of halogens is 2. The van der Waals surface area contributed by atoms with Gasteiger partial charge in [-0.25, -0.2) is 8.78 Å². The van der Waals surface area contributed by atoms with Gasteiger partial charge in [0.15, 0.2) is 0 Å². The van der Waals surface area contributed by atoms with Gasteiger partial charge in [0, 0.05) is 50.4 Å². The number of carbonyl (C=O) groups is 2. The summed E-state index contributed by atoms with van der Waals surface area (Å²) in [5.41, 5.74) is 0.218. The Labute approximate surface area is 139 Å². The molecule has 0 spiro atoms. The van der Waals surface area contributed by atoms with Gasteiger partial charge in [0.05, 0.1) is 5.92 Å². The standard InChI is InChI=1S/C17H20F2N2O3/c18-13-2-1-11(15(19)8-13)9-20-17(23)12-7-16(22)21(10-12)14-3-5-24-6-4-14/h1-2,8,12,14H,3-7,9-10H2,(H,20,23). The largest absolute Gasteiger partial charge is 0.381 e. The second-order valence-corrected chi connectivity index (χ2v) is 6.24. The number of hydrogen-bond acceptors (Lipinski definition) is 3. The molecule has 2 fully saturated rings. The van der Waals surface area contributed by atoms with Crippen LogP contribution in [-0.4, -0.2) is 42.5 Å². The highest BCUT2D eigenvalue weighted by atomic mass is 19.1. The number of nitrogens with one attached hydrogen (secondary N) is 1. The van der Waals surface area contributed by atoms with Crippen LogP contribution in [0.2, 0.25) is 0 Å². The van der Waals surface area contributed by atoms with Crippen LogP contribution >= 0.6 is 0 Å². The summed E-state index contributed by atoms with van der Waals surface area (Å²) in [6, 6.07) is 3.38. The Morgan fingerprint density at radius 2 is 2.04 bits per heavy atom. The van der Waals surface area contributed by atoms with Gasteiger partial charge in [-0.2, -0.15) is 0 Å². The van der Waals surface area contributed by atoms with E-state index in [1.807, 2.05) is 0 Å². The molecule has 0 saturated carbocycles. The maximum Gasteiger partial charge on any atom is 0.225 e. The normalized spacial score (nSPS) is 22.0. The zero-order valence-electron chi connectivity index (χ0n) is 13.3. The maximum absolute atomic E-state index is 13.6. The van der Waals surface area contributed by atoms with Crippen LogP contribution in [-0.2, 0) is 20.9 Å². The predicted molar refractivity (Wildman–Crippen MR) is 81.9 cm³/mol. The van der Waals surface area contributed by atoms with Crippen molar-refractivity contribution in [2.75, 3.05) is 19.8 Å². The molecule has 0 bridgehead atoms. The number of likely N-dealkylation sites (tertiary alicyclic amines) is 1. The SMILES string of the molecule is O=C(NCc1ccc(F)cc1F)C1CC(=O)N(C2CCOCC2)C1. The van der Waals surface area contributed by atoms with Crippen molar-refractivity contribution in [2.45, 2.75) is 31.8 Å². The molecule has 7 heteroatoms. The molecule has 5 nitrogen and oxygen atoms in total. The van der Waals surface area contributed by atoms with Crippen LogP contribution in [0.1, 0.15) is 24.8 Å². The first kappa shape index (κ1) is 16.8. The number of ether oxygens (including phenoxy) is 1. The average molecular weight is 338 g/mol. The smallest absolute Gasteiger partial charge is 0.225 e. The van der Waals surface area contributed by atoms with E-state index < -0.39 is 17.6 Å². The van der Waals surface area contributed by atoms with Crippen molar-refractivity contribution >= 4 is 11.8 Å². The molecule has 0 radical (unpaired) electrons. The van der Waals surface area contributed by atoms with Gasteiger partial charge in [0.25, 0.3) is 0 Å². The lowest BCUT2D eigenvalue weighted by atomic mass is 10.1. The molecule has 2 aliphatic heterocycles. The first-order valence-electron chi connectivity index (χ1n) is 8.13. The minimum absolute atomic E-state index is 0.0185. The van der Waals surface area contributed by atoms with Gasteiger partial charge in [-0.3, -0.25) is 9.59 Å². The number of hydrogen-bond donors (Lipinski definition) is 1. The summed E-state index contributed by atoms with van der Waals surface area (Å²) in [6.07, 6.45) is 1.76. The monoisotopic (exact) mass is 338 g/mol. The summed E-state index contributed by atoms with van der Waals surface area (Å²) in [5, 5.41) is 2.64. The molecule has 1 aromatic rings. The lowest BCUT2D eigenvalue weighted by Gasteiger charge is -2.31. The number of nitrogens with zero attached hydrogens (tertiary/aromatic N) is 1. The molecule has 1 N–H and O–H groups in total. The number of amides is 2. The topological polar surface area (TPSA) is 58.6 Å². The Bertz CT molecular complexity index is 632. The quantitative estimate of drug-likeness (QED) is 0.907. The molecule has 2 amide bonds. The van der Waals surface area contributed by atoms with Crippen molar-refractivity contribution in [1.82, 2.24) is 10.2 Å². The van der Waals surface area contributed by atoms with Crippen molar-refractivity contribution in [3.8, 4) is 0 Å². The van der Waals surface area contributed by atoms with Crippen LogP contribution < -0.4 is 5.32 Å². The first-order valence-corrected chi connectivity index (χ1v) is 8.13. The van der Waals surface area contributed by atoms with Gasteiger partial charge in [0.1, 0.15) is 11.6 Å². The third kappa shape index (κ3) is 3.72. The van der Waals surface area contributed by atoms with E-state index in [2.05, 4.69) is 5.32 Å². The van der Waals surface area contributed by atoms with Crippen molar-refractivity contribution in [3.63, 3.8) is 0 Å². The fourth-order valence-corrected chi connectivity index (χ4v) is 3.25. The molecule has 2 saturated heterocycles. The van der Waals surface area contributed by atoms with Crippen LogP contribution in [0, 0.1) is 17.6 Å². The number of rotatable bonds is 4. The van der Waals surface area contributed by atoms with Crippen LogP contribution in [0.5, 0.6) is 0 Å². The van der Waals surface area contributed by atoms with E-state index in [-0.39, 0.29) is 36.4 Å². The second kappa shape index (κ2) is 7.25. The summed E-state index contributed by atoms with van der Waals surface area (Å²) in [6.45, 7) is 1.64. The first-order chi connectivity index (χ1) is 11.5. The van der Waals surface area contributed by atoms with Gasteiger partial charge in [-0.05, 0) is 18.9 Å². The molecule has 130 valence electrons. The van der Waals surface area contributed by atoms with E-state index in [0.717, 1.165) is 25.0 Å². The van der Waals surface area contributed by atoms with Crippen molar-refractivity contribution in [2.24, 2.45) is 5.92 Å². The fraction of sp³-hybridized carbons (Fsp3) is 0.529. The van der Waals surface area contributed by atoms with E-state index in [9.17, 15) is 18.4 Å². The minimum atomic E-state index is -0.693. The highest BCUT2D eigenvalue weighted by Crippen LogP contribution is 2.25. The maximum atomic E-state index is 13.6. The molecular formula is C17H20F2N2O3. The Hall–Kier alpha value is -2.02. The summed E-state index contributed by atoms with van der Waals surface area (Å²) in [5.74, 6) is -2.07. The van der Waals surface area contributed by atoms with Crippen LogP contribution in [0.4, 0.5) is 8.78 Å². The summed E-state index contributed by atoms with van der Waals surface area (Å²) < 4.78 is 31.8. The molecular weight excluding hydrogens is 318 g/mol. The second-order valence-electron chi connectivity index (χ2n) is 6.24. The van der Waals surface area contributed by atoms with E-state index >= 15 is 0 Å².